The second-order valence-corrected chi connectivity index (χ2v) is 5.04. The van der Waals surface area contributed by atoms with Gasteiger partial charge in [-0.3, -0.25) is 19.2 Å². The van der Waals surface area contributed by atoms with Gasteiger partial charge in [-0.2, -0.15) is 0 Å². The van der Waals surface area contributed by atoms with Crippen molar-refractivity contribution in [1.82, 2.24) is 0 Å². The molecule has 1 aliphatic heterocycles. The molecule has 0 spiro atoms. The summed E-state index contributed by atoms with van der Waals surface area (Å²) in [6, 6.07) is 0. The molecule has 130 valence electrons. The van der Waals surface area contributed by atoms with E-state index in [1.807, 2.05) is 0 Å². The van der Waals surface area contributed by atoms with Gasteiger partial charge in [-0.05, 0) is 6.92 Å². The van der Waals surface area contributed by atoms with Crippen LogP contribution in [0.1, 0.15) is 34.6 Å². The lowest BCUT2D eigenvalue weighted by atomic mass is 9.99. The van der Waals surface area contributed by atoms with E-state index in [1.54, 1.807) is 6.92 Å². The Bertz CT molecular complexity index is 487. The van der Waals surface area contributed by atoms with Crippen LogP contribution >= 0.6 is 0 Å². The normalized spacial score (nSPS) is 30.0. The van der Waals surface area contributed by atoms with Crippen LogP contribution in [0.25, 0.3) is 0 Å². The van der Waals surface area contributed by atoms with Gasteiger partial charge in [0.15, 0.2) is 12.2 Å². The molecule has 1 saturated heterocycles. The molecule has 0 aromatic heterocycles. The van der Waals surface area contributed by atoms with Gasteiger partial charge < -0.3 is 23.7 Å². The largest absolute Gasteiger partial charge is 0.456 e. The molecule has 1 aliphatic rings. The zero-order valence-corrected chi connectivity index (χ0v) is 13.6. The third-order valence-electron chi connectivity index (χ3n) is 2.92. The minimum Gasteiger partial charge on any atom is -0.456 e. The maximum absolute atomic E-state index is 11.4. The van der Waals surface area contributed by atoms with Crippen LogP contribution in [0.15, 0.2) is 0 Å². The van der Waals surface area contributed by atoms with Crippen LogP contribution in [0.2, 0.25) is 0 Å². The fourth-order valence-electron chi connectivity index (χ4n) is 2.23. The van der Waals surface area contributed by atoms with Crippen molar-refractivity contribution in [1.29, 1.82) is 0 Å². The van der Waals surface area contributed by atoms with Crippen molar-refractivity contribution in [2.45, 2.75) is 65.3 Å². The van der Waals surface area contributed by atoms with E-state index in [4.69, 9.17) is 23.7 Å². The lowest BCUT2D eigenvalue weighted by molar-refractivity contribution is -0.292. The Labute approximate surface area is 133 Å². The Morgan fingerprint density at radius 2 is 1.04 bits per heavy atom. The lowest BCUT2D eigenvalue weighted by Crippen LogP contribution is -2.61. The van der Waals surface area contributed by atoms with Crippen LogP contribution in [0, 0.1) is 0 Å². The number of hydrogen-bond acceptors (Lipinski definition) is 9. The molecular formula is C14H20O9. The number of ether oxygens (including phenoxy) is 5. The summed E-state index contributed by atoms with van der Waals surface area (Å²) in [4.78, 5) is 45.1. The molecule has 23 heavy (non-hydrogen) atoms. The average molecular weight is 332 g/mol. The summed E-state index contributed by atoms with van der Waals surface area (Å²) >= 11 is 0. The van der Waals surface area contributed by atoms with Gasteiger partial charge >= 0.3 is 23.9 Å². The van der Waals surface area contributed by atoms with Gasteiger partial charge in [-0.25, -0.2) is 0 Å². The maximum atomic E-state index is 11.4. The molecule has 0 N–H and O–H groups in total. The van der Waals surface area contributed by atoms with Gasteiger partial charge in [0.1, 0.15) is 0 Å². The standard InChI is InChI=1S/C14H20O9/c1-6-11(20-7(2)15)12(21-8(3)16)13(22-9(4)17)14(19-6)23-10(5)18/h6,11-14H,1-5H3/t6?,11-,12-,13?,14-/m0/s1. The molecule has 0 aromatic carbocycles. The molecule has 1 heterocycles. The Morgan fingerprint density at radius 3 is 1.48 bits per heavy atom. The van der Waals surface area contributed by atoms with Crippen LogP contribution in [-0.4, -0.2) is 54.6 Å². The van der Waals surface area contributed by atoms with E-state index >= 15 is 0 Å². The summed E-state index contributed by atoms with van der Waals surface area (Å²) in [5, 5.41) is 0. The van der Waals surface area contributed by atoms with Crippen molar-refractivity contribution in [3.05, 3.63) is 0 Å². The quantitative estimate of drug-likeness (QED) is 0.521. The van der Waals surface area contributed by atoms with Crippen LogP contribution < -0.4 is 0 Å². The minimum absolute atomic E-state index is 0.630. The number of carbonyl (C=O) groups is 4. The summed E-state index contributed by atoms with van der Waals surface area (Å²) < 4.78 is 25.7. The van der Waals surface area contributed by atoms with Crippen molar-refractivity contribution in [2.24, 2.45) is 0 Å². The van der Waals surface area contributed by atoms with Gasteiger partial charge in [-0.15, -0.1) is 0 Å². The topological polar surface area (TPSA) is 114 Å². The highest BCUT2D eigenvalue weighted by Gasteiger charge is 2.51. The summed E-state index contributed by atoms with van der Waals surface area (Å²) in [5.41, 5.74) is 0. The Kier molecular flexibility index (Phi) is 6.49. The van der Waals surface area contributed by atoms with Crippen molar-refractivity contribution < 1.29 is 42.9 Å². The van der Waals surface area contributed by atoms with Gasteiger partial charge in [-0.1, -0.05) is 0 Å². The lowest BCUT2D eigenvalue weighted by Gasteiger charge is -2.42. The Hall–Kier alpha value is -2.16. The van der Waals surface area contributed by atoms with Gasteiger partial charge in [0.25, 0.3) is 0 Å². The molecule has 0 saturated carbocycles. The minimum atomic E-state index is -1.29. The van der Waals surface area contributed by atoms with Crippen LogP contribution in [0.5, 0.6) is 0 Å². The zero-order chi connectivity index (χ0) is 17.7. The fraction of sp³-hybridized carbons (Fsp3) is 0.714. The van der Waals surface area contributed by atoms with Gasteiger partial charge in [0, 0.05) is 27.7 Å². The van der Waals surface area contributed by atoms with Gasteiger partial charge in [0.2, 0.25) is 12.4 Å². The van der Waals surface area contributed by atoms with E-state index in [9.17, 15) is 19.2 Å². The molecule has 9 nitrogen and oxygen atoms in total. The first-order chi connectivity index (χ1) is 10.6. The zero-order valence-electron chi connectivity index (χ0n) is 13.6. The summed E-state index contributed by atoms with van der Waals surface area (Å²) in [6.07, 6.45) is -5.51. The average Bonchev–Trinajstić information content (AvgIpc) is 2.36. The monoisotopic (exact) mass is 332 g/mol. The molecule has 0 aliphatic carbocycles. The Morgan fingerprint density at radius 1 is 0.652 bits per heavy atom. The third kappa shape index (κ3) is 5.51. The maximum Gasteiger partial charge on any atom is 0.305 e. The predicted molar refractivity (Wildman–Crippen MR) is 72.8 cm³/mol. The van der Waals surface area contributed by atoms with Crippen molar-refractivity contribution >= 4 is 23.9 Å². The van der Waals surface area contributed by atoms with E-state index in [-0.39, 0.29) is 0 Å². The highest BCUT2D eigenvalue weighted by molar-refractivity contribution is 5.69. The van der Waals surface area contributed by atoms with Crippen LogP contribution in [-0.2, 0) is 42.9 Å². The fourth-order valence-corrected chi connectivity index (χ4v) is 2.23. The number of esters is 4. The second-order valence-electron chi connectivity index (χ2n) is 5.04. The van der Waals surface area contributed by atoms with E-state index in [1.165, 1.54) is 6.92 Å². The Balaban J connectivity index is 3.15. The SMILES string of the molecule is CC(=O)OC1[C@H](OC(C)=O)OC(C)[C@H](OC(C)=O)[C@@H]1OC(C)=O. The number of hydrogen-bond donors (Lipinski definition) is 0. The molecule has 5 atom stereocenters. The molecule has 2 unspecified atom stereocenters. The third-order valence-corrected chi connectivity index (χ3v) is 2.92. The predicted octanol–water partition coefficient (Wildman–Crippen LogP) is 0.0894. The van der Waals surface area contributed by atoms with Crippen molar-refractivity contribution in [2.75, 3.05) is 0 Å². The summed E-state index contributed by atoms with van der Waals surface area (Å²) in [7, 11) is 0. The molecule has 0 aromatic rings. The van der Waals surface area contributed by atoms with E-state index in [0.29, 0.717) is 0 Å². The van der Waals surface area contributed by atoms with Crippen LogP contribution in [0.3, 0.4) is 0 Å². The van der Waals surface area contributed by atoms with Crippen molar-refractivity contribution in [3.8, 4) is 0 Å². The van der Waals surface area contributed by atoms with E-state index in [2.05, 4.69) is 0 Å². The highest BCUT2D eigenvalue weighted by Crippen LogP contribution is 2.29. The molecule has 9 heteroatoms. The van der Waals surface area contributed by atoms with Crippen molar-refractivity contribution in [3.63, 3.8) is 0 Å². The summed E-state index contributed by atoms with van der Waals surface area (Å²) in [6.45, 7) is 6.16. The number of carbonyl (C=O) groups excluding carboxylic acids is 4. The molecular weight excluding hydrogens is 312 g/mol. The molecule has 0 amide bonds. The van der Waals surface area contributed by atoms with Crippen LogP contribution in [0.4, 0.5) is 0 Å². The van der Waals surface area contributed by atoms with E-state index in [0.717, 1.165) is 20.8 Å². The molecule has 1 rings (SSSR count). The molecule has 0 bridgehead atoms. The summed E-state index contributed by atoms with van der Waals surface area (Å²) in [5.74, 6) is -2.69. The number of rotatable bonds is 4. The molecule has 0 radical (unpaired) electrons. The highest BCUT2D eigenvalue weighted by atomic mass is 16.7. The van der Waals surface area contributed by atoms with Gasteiger partial charge in [0.05, 0.1) is 6.10 Å². The first-order valence-corrected chi connectivity index (χ1v) is 6.96. The first-order valence-electron chi connectivity index (χ1n) is 6.96. The smallest absolute Gasteiger partial charge is 0.305 e. The van der Waals surface area contributed by atoms with E-state index < -0.39 is 54.6 Å². The molecule has 1 fully saturated rings. The first kappa shape index (κ1) is 18.9. The second kappa shape index (κ2) is 7.91.